The van der Waals surface area contributed by atoms with E-state index in [-0.39, 0.29) is 45.7 Å². The normalized spacial score (nSPS) is 35.4. The Labute approximate surface area is 379 Å². The molecule has 24 heteroatoms. The molecule has 67 heavy (non-hydrogen) atoms. The first-order valence-corrected chi connectivity index (χ1v) is 20.6. The molecule has 24 nitrogen and oxygen atoms in total. The van der Waals surface area contributed by atoms with Gasteiger partial charge in [-0.15, -0.1) is 0 Å². The lowest BCUT2D eigenvalue weighted by Crippen LogP contribution is -2.64. The summed E-state index contributed by atoms with van der Waals surface area (Å²) in [4.78, 5) is 12.6. The number of phenols is 3. The average Bonchev–Trinajstić information content (AvgIpc) is 3.31. The quantitative estimate of drug-likeness (QED) is 0.0376. The summed E-state index contributed by atoms with van der Waals surface area (Å²) >= 11 is 0. The fourth-order valence-electron chi connectivity index (χ4n) is 7.63. The number of esters is 1. The van der Waals surface area contributed by atoms with Gasteiger partial charge < -0.3 is 114 Å². The van der Waals surface area contributed by atoms with Gasteiger partial charge in [0.05, 0.1) is 37.5 Å². The Bertz CT molecular complexity index is 2260. The third-order valence-electron chi connectivity index (χ3n) is 11.4. The molecule has 0 bridgehead atoms. The third-order valence-corrected chi connectivity index (χ3v) is 11.4. The molecule has 0 aromatic heterocycles. The summed E-state index contributed by atoms with van der Waals surface area (Å²) in [6.45, 7) is -2.39. The van der Waals surface area contributed by atoms with E-state index in [2.05, 4.69) is 0 Å². The number of methoxy groups -OCH3 is 1. The number of hydrogen-bond acceptors (Lipinski definition) is 23. The van der Waals surface area contributed by atoms with Crippen molar-refractivity contribution in [1.82, 2.24) is 0 Å². The summed E-state index contributed by atoms with van der Waals surface area (Å²) < 4.78 is 50.5. The molecule has 2 aromatic carbocycles. The summed E-state index contributed by atoms with van der Waals surface area (Å²) in [6.07, 6.45) is -22.5. The minimum atomic E-state index is -2.06. The van der Waals surface area contributed by atoms with Crippen LogP contribution >= 0.6 is 0 Å². The topological polar surface area (TPSA) is 387 Å². The number of rotatable bonds is 14. The number of carbonyl (C=O) groups is 1. The molecule has 3 fully saturated rings. The number of allylic oxidation sites excluding steroid dienone is 2. The SMILES string of the molecule is COc1cc(C2=C(O[C@@H]3O[C@H](CO)[C@@H](O)[C@H](O)[C@H]3O[C@@H]3O[C@H](COC(=O)/C=C/c4ccc(O)c(O)c4)[C@@H](O)[C@H](O)[C@H]3O)C=C3C(O[C@@H]4O[C@H](CO)[C@@H](O)[C@H](O)[C@H]4O)=CC(O)=CC3[OH+]2)ccc1O. The zero-order valence-electron chi connectivity index (χ0n) is 35.1. The number of carbonyl (C=O) groups excluding carboxylic acids is 1. The molecule has 0 spiro atoms. The molecule has 0 amide bonds. The fraction of sp³-hybridized carbons (Fsp3) is 0.465. The van der Waals surface area contributed by atoms with E-state index < -0.39 is 136 Å². The maximum absolute atomic E-state index is 12.6. The van der Waals surface area contributed by atoms with Gasteiger partial charge in [0.15, 0.2) is 35.4 Å². The number of aliphatic hydroxyl groups excluding tert-OH is 11. The molecule has 3 saturated heterocycles. The van der Waals surface area contributed by atoms with Crippen molar-refractivity contribution in [3.63, 3.8) is 0 Å². The molecular formula is C43H51O24+. The summed E-state index contributed by atoms with van der Waals surface area (Å²) in [6, 6.07) is 7.80. The van der Waals surface area contributed by atoms with Gasteiger partial charge in [-0.25, -0.2) is 4.79 Å². The molecule has 4 heterocycles. The molecule has 0 saturated carbocycles. The number of aromatic hydroxyl groups is 3. The zero-order chi connectivity index (χ0) is 48.4. The van der Waals surface area contributed by atoms with Gasteiger partial charge in [-0.1, -0.05) is 6.07 Å². The second-order valence-electron chi connectivity index (χ2n) is 15.8. The van der Waals surface area contributed by atoms with E-state index in [1.54, 1.807) is 0 Å². The molecule has 0 radical (unpaired) electrons. The van der Waals surface area contributed by atoms with Crippen molar-refractivity contribution >= 4 is 17.8 Å². The molecule has 5 aliphatic rings. The molecule has 15 N–H and O–H groups in total. The highest BCUT2D eigenvalue weighted by atomic mass is 16.8. The molecule has 1 aliphatic carbocycles. The molecular weight excluding hydrogens is 900 g/mol. The second-order valence-corrected chi connectivity index (χ2v) is 15.8. The van der Waals surface area contributed by atoms with E-state index in [4.69, 9.17) is 42.6 Å². The Morgan fingerprint density at radius 3 is 1.99 bits per heavy atom. The lowest BCUT2D eigenvalue weighted by atomic mass is 9.95. The number of benzene rings is 2. The minimum absolute atomic E-state index is 0.0185. The van der Waals surface area contributed by atoms with E-state index in [9.17, 15) is 76.3 Å². The van der Waals surface area contributed by atoms with Crippen LogP contribution in [-0.2, 0) is 38.0 Å². The van der Waals surface area contributed by atoms with Crippen molar-refractivity contribution in [3.05, 3.63) is 94.7 Å². The lowest BCUT2D eigenvalue weighted by Gasteiger charge is -2.46. The van der Waals surface area contributed by atoms with Crippen LogP contribution in [-0.4, -0.2) is 207 Å². The highest BCUT2D eigenvalue weighted by Gasteiger charge is 2.53. The second kappa shape index (κ2) is 20.8. The Balaban J connectivity index is 1.18. The zero-order valence-corrected chi connectivity index (χ0v) is 35.1. The van der Waals surface area contributed by atoms with Gasteiger partial charge in [-0.2, -0.15) is 0 Å². The van der Waals surface area contributed by atoms with Gasteiger partial charge in [0.2, 0.25) is 24.4 Å². The minimum Gasteiger partial charge on any atom is -0.571 e. The Hall–Kier alpha value is -5.55. The van der Waals surface area contributed by atoms with E-state index in [0.29, 0.717) is 5.56 Å². The summed E-state index contributed by atoms with van der Waals surface area (Å²) in [7, 11) is 1.28. The van der Waals surface area contributed by atoms with E-state index in [1.165, 1.54) is 61.7 Å². The first-order chi connectivity index (χ1) is 31.9. The van der Waals surface area contributed by atoms with Crippen molar-refractivity contribution in [3.8, 4) is 23.0 Å². The van der Waals surface area contributed by atoms with Crippen LogP contribution in [0.25, 0.3) is 11.8 Å². The van der Waals surface area contributed by atoms with Crippen LogP contribution in [0.4, 0.5) is 0 Å². The molecule has 7 rings (SSSR count). The molecule has 1 unspecified atom stereocenters. The Kier molecular flexibility index (Phi) is 15.3. The smallest absolute Gasteiger partial charge is 0.330 e. The lowest BCUT2D eigenvalue weighted by molar-refractivity contribution is -0.363. The van der Waals surface area contributed by atoms with Gasteiger partial charge in [-0.3, -0.25) is 0 Å². The number of ether oxygens (including phenoxy) is 9. The van der Waals surface area contributed by atoms with Gasteiger partial charge >= 0.3 is 11.7 Å². The van der Waals surface area contributed by atoms with Gasteiger partial charge in [-0.05, 0) is 35.9 Å². The maximum atomic E-state index is 12.6. The molecule has 4 aliphatic heterocycles. The fourth-order valence-corrected chi connectivity index (χ4v) is 7.63. The molecule has 16 atom stereocenters. The number of phenolic OH excluding ortho intramolecular Hbond substituents is 3. The maximum Gasteiger partial charge on any atom is 0.330 e. The Morgan fingerprint density at radius 2 is 1.31 bits per heavy atom. The summed E-state index contributed by atoms with van der Waals surface area (Å²) in [5.41, 5.74) is 0.604. The predicted octanol–water partition coefficient (Wildman–Crippen LogP) is -3.62. The largest absolute Gasteiger partial charge is 0.571 e. The first-order valence-electron chi connectivity index (χ1n) is 20.6. The number of fused-ring (bicyclic) bond motifs is 1. The monoisotopic (exact) mass is 951 g/mol. The standard InChI is InChI=1S/C43H50O24/c1-59-25-9-17(4-6-21(25)48)39-26(12-19-23(61-39)10-18(46)11-24(19)62-41-37(57)34(54)31(51)27(13-44)64-41)63-43-40(36(56)32(52)28(14-45)65-43)67-42-38(58)35(55)33(53)29(66-42)15-60-30(50)7-3-16-2-5-20(47)22(49)8-16/h2-12,23,27-29,31-38,40-49,51-58H,13-15H2,1H3/p+1/b7-3+/t23?,27-,28-,29-,31-,32-,33-,34+,35+,36+,37-,38-,40-,41-,42+,43-/m1/s1. The van der Waals surface area contributed by atoms with Crippen LogP contribution < -0.4 is 4.74 Å². The highest BCUT2D eigenvalue weighted by Crippen LogP contribution is 2.41. The molecule has 366 valence electrons. The van der Waals surface area contributed by atoms with E-state index >= 15 is 0 Å². The molecule has 2 aromatic rings. The van der Waals surface area contributed by atoms with Crippen molar-refractivity contribution in [1.29, 1.82) is 0 Å². The van der Waals surface area contributed by atoms with Crippen LogP contribution in [0.3, 0.4) is 0 Å². The third kappa shape index (κ3) is 10.5. The number of aliphatic hydroxyl groups is 13. The van der Waals surface area contributed by atoms with E-state index in [0.717, 1.165) is 12.2 Å². The van der Waals surface area contributed by atoms with Crippen molar-refractivity contribution in [2.45, 2.75) is 98.2 Å². The average molecular weight is 952 g/mol. The van der Waals surface area contributed by atoms with Gasteiger partial charge in [0, 0.05) is 24.3 Å². The van der Waals surface area contributed by atoms with Crippen LogP contribution in [0.1, 0.15) is 11.1 Å². The van der Waals surface area contributed by atoms with E-state index in [1.807, 2.05) is 0 Å². The Morgan fingerprint density at radius 1 is 0.687 bits per heavy atom. The van der Waals surface area contributed by atoms with Crippen LogP contribution in [0.2, 0.25) is 0 Å². The van der Waals surface area contributed by atoms with Crippen molar-refractivity contribution in [2.75, 3.05) is 26.9 Å². The van der Waals surface area contributed by atoms with Crippen LogP contribution in [0.15, 0.2) is 83.6 Å². The first kappa shape index (κ1) is 49.4. The van der Waals surface area contributed by atoms with Crippen molar-refractivity contribution < 1.29 is 119 Å². The van der Waals surface area contributed by atoms with Crippen molar-refractivity contribution in [2.24, 2.45) is 0 Å². The summed E-state index contributed by atoms with van der Waals surface area (Å²) in [5, 5.41) is 147. The highest BCUT2D eigenvalue weighted by molar-refractivity contribution is 5.87. The summed E-state index contributed by atoms with van der Waals surface area (Å²) in [5.74, 6) is -3.01. The number of hydrogen-bond donors (Lipinski definition) is 14. The van der Waals surface area contributed by atoms with Crippen LogP contribution in [0, 0.1) is 0 Å². The van der Waals surface area contributed by atoms with Gasteiger partial charge in [0.1, 0.15) is 85.3 Å². The van der Waals surface area contributed by atoms with Crippen LogP contribution in [0.5, 0.6) is 23.0 Å². The predicted molar refractivity (Wildman–Crippen MR) is 219 cm³/mol. The van der Waals surface area contributed by atoms with Gasteiger partial charge in [0.25, 0.3) is 0 Å².